The topological polar surface area (TPSA) is 76.0 Å². The summed E-state index contributed by atoms with van der Waals surface area (Å²) in [7, 11) is -2.02. The number of ether oxygens (including phenoxy) is 1. The highest BCUT2D eigenvalue weighted by atomic mass is 35.5. The number of carbonyl (C=O) groups excluding carboxylic acids is 1. The van der Waals surface area contributed by atoms with E-state index in [9.17, 15) is 4.79 Å². The number of halogens is 1. The van der Waals surface area contributed by atoms with Crippen LogP contribution in [0.5, 0.6) is 5.75 Å². The highest BCUT2D eigenvalue weighted by Gasteiger charge is 2.19. The molecule has 0 saturated heterocycles. The Balaban J connectivity index is 3.02. The Bertz CT molecular complexity index is 382. The molecule has 0 fully saturated rings. The van der Waals surface area contributed by atoms with Gasteiger partial charge in [-0.3, -0.25) is 0 Å². The number of esters is 1. The van der Waals surface area contributed by atoms with Gasteiger partial charge < -0.3 is 19.4 Å². The van der Waals surface area contributed by atoms with E-state index in [4.69, 9.17) is 26.4 Å². The van der Waals surface area contributed by atoms with E-state index in [1.165, 1.54) is 18.2 Å². The summed E-state index contributed by atoms with van der Waals surface area (Å²) in [6.45, 7) is 1.87. The largest absolute Gasteiger partial charge is 0.707 e. The zero-order valence-corrected chi connectivity index (χ0v) is 9.27. The van der Waals surface area contributed by atoms with Gasteiger partial charge in [0.15, 0.2) is 0 Å². The summed E-state index contributed by atoms with van der Waals surface area (Å²) in [6.07, 6.45) is 0. The molecular weight excluding hydrogens is 234 g/mol. The van der Waals surface area contributed by atoms with E-state index in [2.05, 4.69) is 4.65 Å². The maximum Gasteiger partial charge on any atom is 0.707 e. The smallest absolute Gasteiger partial charge is 0.511 e. The second-order valence-corrected chi connectivity index (χ2v) is 3.24. The lowest BCUT2D eigenvalue weighted by Crippen LogP contribution is -2.22. The SMILES string of the molecule is CCOC(=O)c1ccc(Cl)cc1OB(O)O. The Morgan fingerprint density at radius 1 is 1.50 bits per heavy atom. The highest BCUT2D eigenvalue weighted by molar-refractivity contribution is 6.34. The number of hydrogen-bond acceptors (Lipinski definition) is 5. The van der Waals surface area contributed by atoms with Crippen molar-refractivity contribution < 1.29 is 24.2 Å². The van der Waals surface area contributed by atoms with Crippen LogP contribution in [0.15, 0.2) is 18.2 Å². The van der Waals surface area contributed by atoms with Crippen LogP contribution in [0.1, 0.15) is 17.3 Å². The average Bonchev–Trinajstić information content (AvgIpc) is 2.16. The van der Waals surface area contributed by atoms with Crippen LogP contribution in [0.4, 0.5) is 0 Å². The molecule has 0 atom stereocenters. The molecule has 0 aromatic heterocycles. The van der Waals surface area contributed by atoms with E-state index in [1.54, 1.807) is 6.92 Å². The molecule has 1 rings (SSSR count). The van der Waals surface area contributed by atoms with Gasteiger partial charge >= 0.3 is 13.3 Å². The summed E-state index contributed by atoms with van der Waals surface area (Å²) in [4.78, 5) is 11.4. The number of benzene rings is 1. The van der Waals surface area contributed by atoms with Crippen LogP contribution >= 0.6 is 11.6 Å². The Morgan fingerprint density at radius 3 is 2.75 bits per heavy atom. The van der Waals surface area contributed by atoms with Gasteiger partial charge in [-0.1, -0.05) is 11.6 Å². The van der Waals surface area contributed by atoms with E-state index in [1.807, 2.05) is 0 Å². The molecule has 1 aromatic carbocycles. The molecule has 1 aromatic rings. The first-order valence-electron chi connectivity index (χ1n) is 4.54. The maximum absolute atomic E-state index is 11.4. The first kappa shape index (κ1) is 12.8. The minimum absolute atomic E-state index is 0.0408. The molecule has 0 heterocycles. The summed E-state index contributed by atoms with van der Waals surface area (Å²) in [5.74, 6) is -0.657. The van der Waals surface area contributed by atoms with E-state index in [-0.39, 0.29) is 17.9 Å². The number of rotatable bonds is 4. The van der Waals surface area contributed by atoms with Crippen LogP contribution in [0, 0.1) is 0 Å². The van der Waals surface area contributed by atoms with Crippen molar-refractivity contribution in [1.82, 2.24) is 0 Å². The normalized spacial score (nSPS) is 9.75. The van der Waals surface area contributed by atoms with Crippen molar-refractivity contribution in [1.29, 1.82) is 0 Å². The van der Waals surface area contributed by atoms with E-state index >= 15 is 0 Å². The van der Waals surface area contributed by atoms with Gasteiger partial charge in [0.05, 0.1) is 12.2 Å². The van der Waals surface area contributed by atoms with Gasteiger partial charge in [-0.25, -0.2) is 4.79 Å². The van der Waals surface area contributed by atoms with E-state index in [0.717, 1.165) is 0 Å². The number of hydrogen-bond donors (Lipinski definition) is 2. The molecule has 0 spiro atoms. The molecule has 2 N–H and O–H groups in total. The zero-order valence-electron chi connectivity index (χ0n) is 8.51. The summed E-state index contributed by atoms with van der Waals surface area (Å²) >= 11 is 5.69. The van der Waals surface area contributed by atoms with Crippen molar-refractivity contribution in [3.05, 3.63) is 28.8 Å². The lowest BCUT2D eigenvalue weighted by Gasteiger charge is -2.10. The minimum Gasteiger partial charge on any atom is -0.511 e. The van der Waals surface area contributed by atoms with Crippen molar-refractivity contribution in [3.63, 3.8) is 0 Å². The standard InChI is InChI=1S/C9H10BClO5/c1-2-15-9(12)7-4-3-6(11)5-8(7)16-10(13)14/h3-5,13-14H,2H2,1H3. The van der Waals surface area contributed by atoms with Crippen LogP contribution < -0.4 is 4.65 Å². The van der Waals surface area contributed by atoms with Gasteiger partial charge in [0.1, 0.15) is 5.75 Å². The van der Waals surface area contributed by atoms with E-state index in [0.29, 0.717) is 5.02 Å². The lowest BCUT2D eigenvalue weighted by molar-refractivity contribution is 0.0523. The Hall–Kier alpha value is -1.24. The summed E-state index contributed by atoms with van der Waals surface area (Å²) < 4.78 is 9.38. The molecule has 16 heavy (non-hydrogen) atoms. The molecule has 0 aliphatic heterocycles. The van der Waals surface area contributed by atoms with Crippen molar-refractivity contribution in [3.8, 4) is 5.75 Å². The van der Waals surface area contributed by atoms with Crippen molar-refractivity contribution in [2.45, 2.75) is 6.92 Å². The first-order chi connectivity index (χ1) is 7.54. The van der Waals surface area contributed by atoms with Crippen molar-refractivity contribution in [2.75, 3.05) is 6.61 Å². The van der Waals surface area contributed by atoms with Gasteiger partial charge in [0, 0.05) is 5.02 Å². The highest BCUT2D eigenvalue weighted by Crippen LogP contribution is 2.24. The summed E-state index contributed by atoms with van der Waals surface area (Å²) in [6, 6.07) is 4.16. The quantitative estimate of drug-likeness (QED) is 0.607. The third kappa shape index (κ3) is 3.41. The Kier molecular flexibility index (Phi) is 4.60. The maximum atomic E-state index is 11.4. The average molecular weight is 244 g/mol. The number of carbonyl (C=O) groups is 1. The summed E-state index contributed by atoms with van der Waals surface area (Å²) in [5.41, 5.74) is 0.0827. The molecule has 0 aliphatic carbocycles. The molecule has 0 radical (unpaired) electrons. The minimum atomic E-state index is -2.02. The molecule has 5 nitrogen and oxygen atoms in total. The molecule has 0 saturated carbocycles. The predicted octanol–water partition coefficient (Wildman–Crippen LogP) is 0.865. The first-order valence-corrected chi connectivity index (χ1v) is 4.92. The fourth-order valence-electron chi connectivity index (χ4n) is 1.08. The van der Waals surface area contributed by atoms with Gasteiger partial charge in [-0.05, 0) is 25.1 Å². The Morgan fingerprint density at radius 2 is 2.19 bits per heavy atom. The van der Waals surface area contributed by atoms with Crippen LogP contribution in [-0.4, -0.2) is 29.9 Å². The molecular formula is C9H10BClO5. The summed E-state index contributed by atoms with van der Waals surface area (Å²) in [5, 5.41) is 17.7. The van der Waals surface area contributed by atoms with Gasteiger partial charge in [0.2, 0.25) is 0 Å². The lowest BCUT2D eigenvalue weighted by atomic mass is 10.1. The van der Waals surface area contributed by atoms with Gasteiger partial charge in [-0.15, -0.1) is 0 Å². The van der Waals surface area contributed by atoms with Gasteiger partial charge in [-0.2, -0.15) is 0 Å². The van der Waals surface area contributed by atoms with Crippen LogP contribution in [0.25, 0.3) is 0 Å². The molecule has 0 bridgehead atoms. The molecule has 86 valence electrons. The third-order valence-corrected chi connectivity index (χ3v) is 1.91. The third-order valence-electron chi connectivity index (χ3n) is 1.67. The fraction of sp³-hybridized carbons (Fsp3) is 0.222. The molecule has 0 amide bonds. The van der Waals surface area contributed by atoms with Gasteiger partial charge in [0.25, 0.3) is 0 Å². The van der Waals surface area contributed by atoms with Crippen LogP contribution in [0.3, 0.4) is 0 Å². The second kappa shape index (κ2) is 5.74. The van der Waals surface area contributed by atoms with Crippen molar-refractivity contribution in [2.24, 2.45) is 0 Å². The zero-order chi connectivity index (χ0) is 12.1. The molecule has 0 unspecified atom stereocenters. The molecule has 7 heteroatoms. The predicted molar refractivity (Wildman–Crippen MR) is 58.2 cm³/mol. The van der Waals surface area contributed by atoms with Crippen LogP contribution in [-0.2, 0) is 4.74 Å². The van der Waals surface area contributed by atoms with E-state index < -0.39 is 13.3 Å². The van der Waals surface area contributed by atoms with Crippen molar-refractivity contribution >= 4 is 24.9 Å². The monoisotopic (exact) mass is 244 g/mol. The molecule has 0 aliphatic rings. The Labute approximate surface area is 97.7 Å². The second-order valence-electron chi connectivity index (χ2n) is 2.81. The van der Waals surface area contributed by atoms with Crippen LogP contribution in [0.2, 0.25) is 5.02 Å². The fourth-order valence-corrected chi connectivity index (χ4v) is 1.25.